The highest BCUT2D eigenvalue weighted by atomic mass is 32.2. The van der Waals surface area contributed by atoms with E-state index in [2.05, 4.69) is 5.32 Å². The quantitative estimate of drug-likeness (QED) is 0.766. The van der Waals surface area contributed by atoms with Crippen LogP contribution in [-0.4, -0.2) is 56.3 Å². The first kappa shape index (κ1) is 19.2. The van der Waals surface area contributed by atoms with Crippen LogP contribution in [0.3, 0.4) is 0 Å². The van der Waals surface area contributed by atoms with E-state index in [-0.39, 0.29) is 42.3 Å². The Hall–Kier alpha value is -2.09. The van der Waals surface area contributed by atoms with E-state index >= 15 is 0 Å². The molecule has 1 unspecified atom stereocenters. The Morgan fingerprint density at radius 3 is 2.48 bits per heavy atom. The molecule has 0 radical (unpaired) electrons. The highest BCUT2D eigenvalue weighted by Crippen LogP contribution is 2.18. The number of rotatable bonds is 7. The summed E-state index contributed by atoms with van der Waals surface area (Å²) in [5.74, 6) is 0.456. The van der Waals surface area contributed by atoms with Crippen molar-refractivity contribution in [2.75, 3.05) is 25.2 Å². The number of nitrogens with one attached hydrogen (secondary N) is 1. The Balaban J connectivity index is 1.81. The van der Waals surface area contributed by atoms with Crippen molar-refractivity contribution in [1.82, 2.24) is 10.2 Å². The summed E-state index contributed by atoms with van der Waals surface area (Å²) in [5, 5.41) is 2.80. The Bertz CT molecular complexity index is 715. The average molecular weight is 368 g/mol. The van der Waals surface area contributed by atoms with Crippen LogP contribution >= 0.6 is 0 Å². The zero-order valence-corrected chi connectivity index (χ0v) is 15.3. The SMILES string of the molecule is COc1ccc(CNC(=O)CCN(C(C)=O)C2CCS(=O)(=O)C2)cc1. The van der Waals surface area contributed by atoms with Crippen LogP contribution in [0.25, 0.3) is 0 Å². The third-order valence-electron chi connectivity index (χ3n) is 4.28. The van der Waals surface area contributed by atoms with Crippen molar-refractivity contribution in [3.8, 4) is 5.75 Å². The molecule has 0 aromatic heterocycles. The summed E-state index contributed by atoms with van der Waals surface area (Å²) in [5.41, 5.74) is 0.944. The van der Waals surface area contributed by atoms with E-state index in [4.69, 9.17) is 4.74 Å². The fraction of sp³-hybridized carbons (Fsp3) is 0.529. The first-order valence-corrected chi connectivity index (χ1v) is 10.00. The van der Waals surface area contributed by atoms with Gasteiger partial charge in [0.1, 0.15) is 5.75 Å². The normalized spacial score (nSPS) is 18.6. The summed E-state index contributed by atoms with van der Waals surface area (Å²) in [6.07, 6.45) is 0.585. The molecule has 1 N–H and O–H groups in total. The highest BCUT2D eigenvalue weighted by Gasteiger charge is 2.33. The van der Waals surface area contributed by atoms with Crippen molar-refractivity contribution in [3.05, 3.63) is 29.8 Å². The minimum absolute atomic E-state index is 0.0138. The van der Waals surface area contributed by atoms with Gasteiger partial charge in [-0.05, 0) is 24.1 Å². The minimum atomic E-state index is -3.07. The fourth-order valence-corrected chi connectivity index (χ4v) is 4.60. The summed E-state index contributed by atoms with van der Waals surface area (Å²) in [4.78, 5) is 25.3. The van der Waals surface area contributed by atoms with Crippen LogP contribution in [0.1, 0.15) is 25.3 Å². The van der Waals surface area contributed by atoms with E-state index in [9.17, 15) is 18.0 Å². The molecule has 1 atom stereocenters. The third-order valence-corrected chi connectivity index (χ3v) is 6.03. The maximum absolute atomic E-state index is 12.0. The van der Waals surface area contributed by atoms with Crippen LogP contribution in [0, 0.1) is 0 Å². The lowest BCUT2D eigenvalue weighted by Gasteiger charge is -2.26. The van der Waals surface area contributed by atoms with Gasteiger partial charge in [-0.15, -0.1) is 0 Å². The topological polar surface area (TPSA) is 92.8 Å². The Morgan fingerprint density at radius 1 is 1.28 bits per heavy atom. The molecular weight excluding hydrogens is 344 g/mol. The molecule has 2 rings (SSSR count). The van der Waals surface area contributed by atoms with Crippen molar-refractivity contribution in [1.29, 1.82) is 0 Å². The molecule has 1 fully saturated rings. The van der Waals surface area contributed by atoms with Gasteiger partial charge >= 0.3 is 0 Å². The van der Waals surface area contributed by atoms with Crippen LogP contribution in [0.4, 0.5) is 0 Å². The molecule has 2 amide bonds. The zero-order valence-electron chi connectivity index (χ0n) is 14.5. The van der Waals surface area contributed by atoms with Gasteiger partial charge in [0.25, 0.3) is 0 Å². The van der Waals surface area contributed by atoms with Gasteiger partial charge in [0.2, 0.25) is 11.8 Å². The van der Waals surface area contributed by atoms with Gasteiger partial charge in [-0.3, -0.25) is 9.59 Å². The van der Waals surface area contributed by atoms with Crippen LogP contribution in [0.15, 0.2) is 24.3 Å². The second-order valence-electron chi connectivity index (χ2n) is 6.14. The largest absolute Gasteiger partial charge is 0.497 e. The number of ether oxygens (including phenoxy) is 1. The molecule has 1 aliphatic heterocycles. The molecule has 0 spiro atoms. The van der Waals surface area contributed by atoms with Crippen LogP contribution in [0.5, 0.6) is 5.75 Å². The van der Waals surface area contributed by atoms with Gasteiger partial charge in [-0.1, -0.05) is 12.1 Å². The molecule has 1 aromatic rings. The zero-order chi connectivity index (χ0) is 18.4. The van der Waals surface area contributed by atoms with Gasteiger partial charge in [0.05, 0.1) is 18.6 Å². The third kappa shape index (κ3) is 5.74. The monoisotopic (exact) mass is 368 g/mol. The lowest BCUT2D eigenvalue weighted by Crippen LogP contribution is -2.42. The molecule has 1 aromatic carbocycles. The number of carbonyl (C=O) groups is 2. The summed E-state index contributed by atoms with van der Waals surface area (Å²) in [7, 11) is -1.48. The van der Waals surface area contributed by atoms with Crippen LogP contribution < -0.4 is 10.1 Å². The van der Waals surface area contributed by atoms with Gasteiger partial charge in [0, 0.05) is 32.5 Å². The lowest BCUT2D eigenvalue weighted by molar-refractivity contribution is -0.131. The minimum Gasteiger partial charge on any atom is -0.497 e. The van der Waals surface area contributed by atoms with E-state index in [1.54, 1.807) is 7.11 Å². The predicted octanol–water partition coefficient (Wildman–Crippen LogP) is 0.737. The number of methoxy groups -OCH3 is 1. The number of nitrogens with zero attached hydrogens (tertiary/aromatic N) is 1. The molecule has 0 bridgehead atoms. The summed E-state index contributed by atoms with van der Waals surface area (Å²) >= 11 is 0. The van der Waals surface area contributed by atoms with Gasteiger partial charge in [0.15, 0.2) is 9.84 Å². The van der Waals surface area contributed by atoms with Crippen molar-refractivity contribution < 1.29 is 22.7 Å². The number of hydrogen-bond acceptors (Lipinski definition) is 5. The van der Waals surface area contributed by atoms with E-state index in [0.29, 0.717) is 13.0 Å². The van der Waals surface area contributed by atoms with Gasteiger partial charge < -0.3 is 15.0 Å². The maximum Gasteiger partial charge on any atom is 0.222 e. The summed E-state index contributed by atoms with van der Waals surface area (Å²) in [6, 6.07) is 7.05. The molecule has 25 heavy (non-hydrogen) atoms. The summed E-state index contributed by atoms with van der Waals surface area (Å²) in [6.45, 7) is 2.02. The van der Waals surface area contributed by atoms with Crippen LogP contribution in [-0.2, 0) is 26.0 Å². The van der Waals surface area contributed by atoms with Crippen molar-refractivity contribution in [3.63, 3.8) is 0 Å². The molecule has 0 aliphatic carbocycles. The second-order valence-corrected chi connectivity index (χ2v) is 8.37. The first-order chi connectivity index (χ1) is 11.8. The Kier molecular flexibility index (Phi) is 6.41. The lowest BCUT2D eigenvalue weighted by atomic mass is 10.2. The Morgan fingerprint density at radius 2 is 1.96 bits per heavy atom. The summed E-state index contributed by atoms with van der Waals surface area (Å²) < 4.78 is 28.2. The van der Waals surface area contributed by atoms with E-state index in [0.717, 1.165) is 11.3 Å². The number of sulfone groups is 1. The van der Waals surface area contributed by atoms with E-state index in [1.807, 2.05) is 24.3 Å². The molecular formula is C17H24N2O5S. The molecule has 1 saturated heterocycles. The first-order valence-electron chi connectivity index (χ1n) is 8.18. The predicted molar refractivity (Wildman–Crippen MR) is 93.9 cm³/mol. The maximum atomic E-state index is 12.0. The molecule has 138 valence electrons. The van der Waals surface area contributed by atoms with E-state index < -0.39 is 9.84 Å². The molecule has 1 aliphatic rings. The molecule has 1 heterocycles. The second kappa shape index (κ2) is 8.33. The highest BCUT2D eigenvalue weighted by molar-refractivity contribution is 7.91. The van der Waals surface area contributed by atoms with Gasteiger partial charge in [-0.25, -0.2) is 8.42 Å². The standard InChI is InChI=1S/C17H24N2O5S/c1-13(20)19(15-8-10-25(22,23)12-15)9-7-17(21)18-11-14-3-5-16(24-2)6-4-14/h3-6,15H,7-12H2,1-2H3,(H,18,21). The van der Waals surface area contributed by atoms with Crippen LogP contribution in [0.2, 0.25) is 0 Å². The number of hydrogen-bond donors (Lipinski definition) is 1. The molecule has 8 heteroatoms. The number of amides is 2. The Labute approximate surface area is 148 Å². The van der Waals surface area contributed by atoms with E-state index in [1.165, 1.54) is 11.8 Å². The van der Waals surface area contributed by atoms with Crippen molar-refractivity contribution in [2.45, 2.75) is 32.4 Å². The average Bonchev–Trinajstić information content (AvgIpc) is 2.93. The number of carbonyl (C=O) groups excluding carboxylic acids is 2. The van der Waals surface area contributed by atoms with Crippen molar-refractivity contribution >= 4 is 21.7 Å². The smallest absolute Gasteiger partial charge is 0.222 e. The number of benzene rings is 1. The molecule has 7 nitrogen and oxygen atoms in total. The fourth-order valence-electron chi connectivity index (χ4n) is 2.87. The van der Waals surface area contributed by atoms with Gasteiger partial charge in [-0.2, -0.15) is 0 Å². The molecule has 0 saturated carbocycles. The van der Waals surface area contributed by atoms with Crippen molar-refractivity contribution in [2.24, 2.45) is 0 Å².